The summed E-state index contributed by atoms with van der Waals surface area (Å²) in [6.07, 6.45) is 7.54. The normalized spacial score (nSPS) is 27.0. The van der Waals surface area contributed by atoms with Crippen molar-refractivity contribution in [2.45, 2.75) is 12.0 Å². The molecule has 2 atom stereocenters. The number of fused-ring (bicyclic) bond motifs is 1. The minimum Gasteiger partial charge on any atom is -0.381 e. The fourth-order valence-electron chi connectivity index (χ4n) is 3.39. The van der Waals surface area contributed by atoms with Gasteiger partial charge in [-0.1, -0.05) is 0 Å². The molecule has 7 nitrogen and oxygen atoms in total. The lowest BCUT2D eigenvalue weighted by atomic mass is 9.84. The smallest absolute Gasteiger partial charge is 0.257 e. The third-order valence-corrected chi connectivity index (χ3v) is 4.80. The molecule has 2 N–H and O–H groups in total. The molecule has 0 aliphatic carbocycles. The van der Waals surface area contributed by atoms with Crippen LogP contribution in [0.25, 0.3) is 5.69 Å². The van der Waals surface area contributed by atoms with E-state index in [1.807, 2.05) is 17.0 Å². The van der Waals surface area contributed by atoms with Gasteiger partial charge in [-0.3, -0.25) is 9.78 Å². The van der Waals surface area contributed by atoms with Gasteiger partial charge in [0.2, 0.25) is 0 Å². The zero-order chi connectivity index (χ0) is 15.9. The van der Waals surface area contributed by atoms with E-state index in [2.05, 4.69) is 10.1 Å². The first-order chi connectivity index (χ1) is 11.2. The van der Waals surface area contributed by atoms with Gasteiger partial charge in [-0.2, -0.15) is 5.10 Å². The van der Waals surface area contributed by atoms with E-state index in [9.17, 15) is 4.79 Å². The van der Waals surface area contributed by atoms with Gasteiger partial charge in [0.25, 0.3) is 5.91 Å². The molecule has 0 spiro atoms. The second-order valence-electron chi connectivity index (χ2n) is 6.33. The molecule has 23 heavy (non-hydrogen) atoms. The Kier molecular flexibility index (Phi) is 3.39. The molecule has 2 aliphatic heterocycles. The van der Waals surface area contributed by atoms with Gasteiger partial charge in [-0.15, -0.1) is 0 Å². The Balaban J connectivity index is 1.53. The van der Waals surface area contributed by atoms with Gasteiger partial charge >= 0.3 is 0 Å². The average Bonchev–Trinajstić information content (AvgIpc) is 3.19. The van der Waals surface area contributed by atoms with Crippen molar-refractivity contribution in [1.29, 1.82) is 0 Å². The summed E-state index contributed by atoms with van der Waals surface area (Å²) >= 11 is 0. The lowest BCUT2D eigenvalue weighted by molar-refractivity contribution is 0.0241. The number of aromatic nitrogens is 3. The van der Waals surface area contributed by atoms with Crippen LogP contribution in [0.4, 0.5) is 0 Å². The Hall–Kier alpha value is -2.25. The van der Waals surface area contributed by atoms with Gasteiger partial charge in [0.15, 0.2) is 0 Å². The fraction of sp³-hybridized carbons (Fsp3) is 0.438. The summed E-state index contributed by atoms with van der Waals surface area (Å²) in [4.78, 5) is 18.6. The first kappa shape index (κ1) is 14.3. The van der Waals surface area contributed by atoms with Crippen molar-refractivity contribution >= 4 is 5.91 Å². The van der Waals surface area contributed by atoms with Crippen LogP contribution in [0.15, 0.2) is 36.9 Å². The second-order valence-corrected chi connectivity index (χ2v) is 6.33. The molecule has 2 saturated heterocycles. The van der Waals surface area contributed by atoms with Crippen LogP contribution in [0.2, 0.25) is 0 Å². The van der Waals surface area contributed by atoms with Crippen LogP contribution in [0.1, 0.15) is 16.8 Å². The minimum absolute atomic E-state index is 0.0284. The second kappa shape index (κ2) is 5.43. The molecular weight excluding hydrogens is 294 g/mol. The zero-order valence-corrected chi connectivity index (χ0v) is 12.8. The highest BCUT2D eigenvalue weighted by Gasteiger charge is 2.47. The molecule has 2 fully saturated rings. The molecule has 2 aromatic rings. The average molecular weight is 313 g/mol. The largest absolute Gasteiger partial charge is 0.381 e. The Bertz CT molecular complexity index is 716. The highest BCUT2D eigenvalue weighted by Crippen LogP contribution is 2.32. The molecule has 7 heteroatoms. The lowest BCUT2D eigenvalue weighted by Gasteiger charge is -2.34. The Morgan fingerprint density at radius 2 is 2.35 bits per heavy atom. The molecule has 4 rings (SSSR count). The number of pyridine rings is 1. The molecule has 0 unspecified atom stereocenters. The summed E-state index contributed by atoms with van der Waals surface area (Å²) in [7, 11) is 0. The molecule has 0 radical (unpaired) electrons. The van der Waals surface area contributed by atoms with Crippen LogP contribution < -0.4 is 5.73 Å². The Labute approximate surface area is 134 Å². The molecule has 0 bridgehead atoms. The predicted molar refractivity (Wildman–Crippen MR) is 83.1 cm³/mol. The van der Waals surface area contributed by atoms with Crippen molar-refractivity contribution in [1.82, 2.24) is 19.7 Å². The number of nitrogens with two attached hydrogens (primary N) is 1. The maximum Gasteiger partial charge on any atom is 0.257 e. The maximum atomic E-state index is 12.7. The van der Waals surface area contributed by atoms with Gasteiger partial charge < -0.3 is 15.4 Å². The number of carbonyl (C=O) groups is 1. The van der Waals surface area contributed by atoms with E-state index in [1.54, 1.807) is 29.5 Å². The molecule has 4 heterocycles. The molecular formula is C16H19N5O2. The van der Waals surface area contributed by atoms with E-state index in [0.717, 1.165) is 12.1 Å². The highest BCUT2D eigenvalue weighted by atomic mass is 16.5. The summed E-state index contributed by atoms with van der Waals surface area (Å²) in [6.45, 7) is 2.54. The van der Waals surface area contributed by atoms with Crippen molar-refractivity contribution in [3.63, 3.8) is 0 Å². The first-order valence-electron chi connectivity index (χ1n) is 7.77. The molecule has 0 saturated carbocycles. The molecule has 1 amide bonds. The minimum atomic E-state index is -0.312. The van der Waals surface area contributed by atoms with Crippen LogP contribution in [-0.4, -0.2) is 57.4 Å². The van der Waals surface area contributed by atoms with E-state index >= 15 is 0 Å². The fourth-order valence-corrected chi connectivity index (χ4v) is 3.39. The van der Waals surface area contributed by atoms with Crippen molar-refractivity contribution in [2.75, 3.05) is 26.3 Å². The standard InChI is InChI=1S/C16H19N5O2/c17-16-3-5-23-10-13(16)9-20(11-16)15(22)12-6-19-21(8-12)14-2-1-4-18-7-14/h1-2,4,6-8,13H,3,5,9-11,17H2/t13-,16+/m0/s1. The van der Waals surface area contributed by atoms with Gasteiger partial charge in [-0.25, -0.2) is 4.68 Å². The summed E-state index contributed by atoms with van der Waals surface area (Å²) in [5.41, 5.74) is 7.54. The van der Waals surface area contributed by atoms with Crippen molar-refractivity contribution in [3.05, 3.63) is 42.5 Å². The van der Waals surface area contributed by atoms with Crippen LogP contribution in [0.5, 0.6) is 0 Å². The summed E-state index contributed by atoms with van der Waals surface area (Å²) < 4.78 is 7.16. The molecule has 2 aromatic heterocycles. The summed E-state index contributed by atoms with van der Waals surface area (Å²) in [6, 6.07) is 3.73. The van der Waals surface area contributed by atoms with E-state index in [1.165, 1.54) is 0 Å². The van der Waals surface area contributed by atoms with Crippen molar-refractivity contribution in [2.24, 2.45) is 11.7 Å². The number of hydrogen-bond donors (Lipinski definition) is 1. The molecule has 0 aromatic carbocycles. The van der Waals surface area contributed by atoms with Gasteiger partial charge in [-0.05, 0) is 18.6 Å². The van der Waals surface area contributed by atoms with Crippen LogP contribution in [0.3, 0.4) is 0 Å². The Morgan fingerprint density at radius 3 is 3.13 bits per heavy atom. The number of carbonyl (C=O) groups excluding carboxylic acids is 1. The van der Waals surface area contributed by atoms with E-state index in [0.29, 0.717) is 31.9 Å². The highest BCUT2D eigenvalue weighted by molar-refractivity contribution is 5.94. The third-order valence-electron chi connectivity index (χ3n) is 4.80. The third kappa shape index (κ3) is 2.51. The van der Waals surface area contributed by atoms with Crippen molar-refractivity contribution in [3.8, 4) is 5.69 Å². The number of nitrogens with zero attached hydrogens (tertiary/aromatic N) is 4. The van der Waals surface area contributed by atoms with Crippen molar-refractivity contribution < 1.29 is 9.53 Å². The zero-order valence-electron chi connectivity index (χ0n) is 12.8. The van der Waals surface area contributed by atoms with E-state index in [-0.39, 0.29) is 17.4 Å². The quantitative estimate of drug-likeness (QED) is 0.870. The van der Waals surface area contributed by atoms with Gasteiger partial charge in [0, 0.05) is 43.5 Å². The maximum absolute atomic E-state index is 12.7. The number of hydrogen-bond acceptors (Lipinski definition) is 5. The van der Waals surface area contributed by atoms with E-state index < -0.39 is 0 Å². The topological polar surface area (TPSA) is 86.3 Å². The summed E-state index contributed by atoms with van der Waals surface area (Å²) in [5.74, 6) is 0.188. The number of likely N-dealkylation sites (tertiary alicyclic amines) is 1. The van der Waals surface area contributed by atoms with Crippen LogP contribution in [0, 0.1) is 5.92 Å². The molecule has 2 aliphatic rings. The SMILES string of the molecule is N[C@@]12CCOC[C@@H]1CN(C(=O)c1cnn(-c3cccnc3)c1)C2. The molecule has 120 valence electrons. The van der Waals surface area contributed by atoms with E-state index in [4.69, 9.17) is 10.5 Å². The number of amides is 1. The first-order valence-corrected chi connectivity index (χ1v) is 7.77. The Morgan fingerprint density at radius 1 is 1.43 bits per heavy atom. The lowest BCUT2D eigenvalue weighted by Crippen LogP contribution is -2.52. The van der Waals surface area contributed by atoms with Gasteiger partial charge in [0.1, 0.15) is 0 Å². The number of rotatable bonds is 2. The summed E-state index contributed by atoms with van der Waals surface area (Å²) in [5, 5.41) is 4.26. The monoisotopic (exact) mass is 313 g/mol. The predicted octanol–water partition coefficient (Wildman–Crippen LogP) is 0.457. The van der Waals surface area contributed by atoms with Crippen LogP contribution in [-0.2, 0) is 4.74 Å². The van der Waals surface area contributed by atoms with Crippen LogP contribution >= 0.6 is 0 Å². The van der Waals surface area contributed by atoms with Gasteiger partial charge in [0.05, 0.1) is 30.3 Å². The number of ether oxygens (including phenoxy) is 1.